The van der Waals surface area contributed by atoms with Gasteiger partial charge in [0.2, 0.25) is 5.91 Å². The number of para-hydroxylation sites is 1. The number of hydrogen-bond donors (Lipinski definition) is 0. The number of benzene rings is 2. The lowest BCUT2D eigenvalue weighted by Gasteiger charge is -2.02. The highest BCUT2D eigenvalue weighted by Gasteiger charge is 2.15. The molecular weight excluding hydrogens is 269 g/mol. The highest BCUT2D eigenvalue weighted by molar-refractivity contribution is 6.37. The Morgan fingerprint density at radius 1 is 1.11 bits per heavy atom. The molecular formula is C14H9Cl2NO. The predicted octanol–water partition coefficient (Wildman–Crippen LogP) is 4.76. The van der Waals surface area contributed by atoms with E-state index in [0.29, 0.717) is 10.0 Å². The number of fused-ring (bicyclic) bond motifs is 3. The minimum atomic E-state index is -0.0644. The third-order valence-electron chi connectivity index (χ3n) is 3.01. The zero-order chi connectivity index (χ0) is 12.9. The van der Waals surface area contributed by atoms with Gasteiger partial charge in [-0.3, -0.25) is 9.36 Å². The summed E-state index contributed by atoms with van der Waals surface area (Å²) in [5.41, 5.74) is 1.57. The van der Waals surface area contributed by atoms with Crippen LogP contribution < -0.4 is 0 Å². The minimum Gasteiger partial charge on any atom is -0.279 e. The lowest BCUT2D eigenvalue weighted by atomic mass is 10.1. The summed E-state index contributed by atoms with van der Waals surface area (Å²) in [4.78, 5) is 11.8. The molecule has 0 unspecified atom stereocenters. The van der Waals surface area contributed by atoms with Gasteiger partial charge in [0.1, 0.15) is 0 Å². The molecule has 0 bridgehead atoms. The van der Waals surface area contributed by atoms with Crippen LogP contribution in [-0.2, 0) is 0 Å². The van der Waals surface area contributed by atoms with E-state index in [1.807, 2.05) is 24.3 Å². The molecule has 4 heteroatoms. The molecule has 0 saturated carbocycles. The molecule has 90 valence electrons. The van der Waals surface area contributed by atoms with E-state index >= 15 is 0 Å². The lowest BCUT2D eigenvalue weighted by molar-refractivity contribution is 0.0946. The third kappa shape index (κ3) is 1.53. The van der Waals surface area contributed by atoms with Crippen molar-refractivity contribution in [1.29, 1.82) is 0 Å². The van der Waals surface area contributed by atoms with Crippen molar-refractivity contribution in [3.8, 4) is 0 Å². The van der Waals surface area contributed by atoms with Gasteiger partial charge in [0, 0.05) is 22.7 Å². The molecule has 0 amide bonds. The summed E-state index contributed by atoms with van der Waals surface area (Å²) in [6, 6.07) is 11.1. The summed E-state index contributed by atoms with van der Waals surface area (Å²) >= 11 is 12.2. The molecule has 1 aromatic heterocycles. The van der Waals surface area contributed by atoms with Crippen LogP contribution in [0, 0.1) is 0 Å². The molecule has 0 saturated heterocycles. The van der Waals surface area contributed by atoms with E-state index in [9.17, 15) is 4.79 Å². The van der Waals surface area contributed by atoms with Gasteiger partial charge in [-0.1, -0.05) is 35.3 Å². The number of rotatable bonds is 0. The van der Waals surface area contributed by atoms with E-state index in [-0.39, 0.29) is 5.91 Å². The highest BCUT2D eigenvalue weighted by Crippen LogP contribution is 2.34. The highest BCUT2D eigenvalue weighted by atomic mass is 35.5. The standard InChI is InChI=1S/C14H9Cl2NO/c1-8(18)17-13-6-5-9(15)7-11(13)10-3-2-4-12(16)14(10)17/h2-7H,1H3. The first-order chi connectivity index (χ1) is 8.59. The number of nitrogens with zero attached hydrogens (tertiary/aromatic N) is 1. The van der Waals surface area contributed by atoms with Crippen molar-refractivity contribution in [3.05, 3.63) is 46.4 Å². The lowest BCUT2D eigenvalue weighted by Crippen LogP contribution is -2.04. The third-order valence-corrected chi connectivity index (χ3v) is 3.56. The van der Waals surface area contributed by atoms with Gasteiger partial charge >= 0.3 is 0 Å². The number of carbonyl (C=O) groups is 1. The van der Waals surface area contributed by atoms with Crippen molar-refractivity contribution in [3.63, 3.8) is 0 Å². The van der Waals surface area contributed by atoms with Crippen molar-refractivity contribution in [1.82, 2.24) is 4.57 Å². The summed E-state index contributed by atoms with van der Waals surface area (Å²) in [5.74, 6) is -0.0644. The van der Waals surface area contributed by atoms with Gasteiger partial charge in [0.05, 0.1) is 16.1 Å². The molecule has 0 aliphatic heterocycles. The van der Waals surface area contributed by atoms with E-state index in [1.165, 1.54) is 6.92 Å². The van der Waals surface area contributed by atoms with Crippen molar-refractivity contribution in [2.45, 2.75) is 6.92 Å². The second kappa shape index (κ2) is 4.01. The molecule has 0 N–H and O–H groups in total. The van der Waals surface area contributed by atoms with E-state index in [2.05, 4.69) is 0 Å². The van der Waals surface area contributed by atoms with Crippen LogP contribution in [0.3, 0.4) is 0 Å². The smallest absolute Gasteiger partial charge is 0.228 e. The molecule has 2 aromatic carbocycles. The molecule has 0 atom stereocenters. The van der Waals surface area contributed by atoms with Crippen molar-refractivity contribution >= 4 is 50.9 Å². The van der Waals surface area contributed by atoms with Crippen LogP contribution >= 0.6 is 23.2 Å². The van der Waals surface area contributed by atoms with Gasteiger partial charge in [-0.2, -0.15) is 0 Å². The van der Waals surface area contributed by atoms with Gasteiger partial charge in [-0.25, -0.2) is 0 Å². The molecule has 2 nitrogen and oxygen atoms in total. The second-order valence-electron chi connectivity index (χ2n) is 4.15. The van der Waals surface area contributed by atoms with Gasteiger partial charge in [0.25, 0.3) is 0 Å². The largest absolute Gasteiger partial charge is 0.279 e. The molecule has 1 heterocycles. The Morgan fingerprint density at radius 2 is 1.89 bits per heavy atom. The SMILES string of the molecule is CC(=O)n1c2ccc(Cl)cc2c2cccc(Cl)c21. The van der Waals surface area contributed by atoms with Crippen LogP contribution in [0.4, 0.5) is 0 Å². The van der Waals surface area contributed by atoms with Crippen molar-refractivity contribution in [2.75, 3.05) is 0 Å². The average Bonchev–Trinajstić information content (AvgIpc) is 2.65. The summed E-state index contributed by atoms with van der Waals surface area (Å²) in [6.45, 7) is 1.52. The fourth-order valence-electron chi connectivity index (χ4n) is 2.33. The fourth-order valence-corrected chi connectivity index (χ4v) is 2.76. The maximum Gasteiger partial charge on any atom is 0.228 e. The van der Waals surface area contributed by atoms with Crippen LogP contribution in [-0.4, -0.2) is 10.5 Å². The maximum atomic E-state index is 11.8. The van der Waals surface area contributed by atoms with Gasteiger partial charge in [-0.05, 0) is 24.3 Å². The Morgan fingerprint density at radius 3 is 2.61 bits per heavy atom. The van der Waals surface area contributed by atoms with Crippen LogP contribution in [0.5, 0.6) is 0 Å². The first kappa shape index (κ1) is 11.6. The first-order valence-corrected chi connectivity index (χ1v) is 6.24. The summed E-state index contributed by atoms with van der Waals surface area (Å²) in [7, 11) is 0. The molecule has 3 aromatic rings. The fraction of sp³-hybridized carbons (Fsp3) is 0.0714. The average molecular weight is 278 g/mol. The predicted molar refractivity (Wildman–Crippen MR) is 75.8 cm³/mol. The first-order valence-electron chi connectivity index (χ1n) is 5.48. The minimum absolute atomic E-state index is 0.0644. The zero-order valence-electron chi connectivity index (χ0n) is 9.58. The second-order valence-corrected chi connectivity index (χ2v) is 5.00. The van der Waals surface area contributed by atoms with Crippen LogP contribution in [0.25, 0.3) is 21.8 Å². The topological polar surface area (TPSA) is 22.0 Å². The molecule has 0 spiro atoms. The zero-order valence-corrected chi connectivity index (χ0v) is 11.1. The van der Waals surface area contributed by atoms with E-state index in [0.717, 1.165) is 21.8 Å². The van der Waals surface area contributed by atoms with Crippen molar-refractivity contribution in [2.24, 2.45) is 0 Å². The van der Waals surface area contributed by atoms with E-state index < -0.39 is 0 Å². The maximum absolute atomic E-state index is 11.8. The number of halogens is 2. The van der Waals surface area contributed by atoms with Crippen LogP contribution in [0.2, 0.25) is 10.0 Å². The molecule has 0 aliphatic carbocycles. The Balaban J connectivity index is 2.65. The van der Waals surface area contributed by atoms with Gasteiger partial charge in [-0.15, -0.1) is 0 Å². The molecule has 0 radical (unpaired) electrons. The van der Waals surface area contributed by atoms with Gasteiger partial charge in [0.15, 0.2) is 0 Å². The summed E-state index contributed by atoms with van der Waals surface area (Å²) < 4.78 is 1.63. The van der Waals surface area contributed by atoms with Gasteiger partial charge < -0.3 is 0 Å². The summed E-state index contributed by atoms with van der Waals surface area (Å²) in [6.07, 6.45) is 0. The number of hydrogen-bond acceptors (Lipinski definition) is 1. The monoisotopic (exact) mass is 277 g/mol. The number of carbonyl (C=O) groups excluding carboxylic acids is 1. The quantitative estimate of drug-likeness (QED) is 0.581. The molecule has 0 fully saturated rings. The van der Waals surface area contributed by atoms with E-state index in [1.54, 1.807) is 16.7 Å². The Bertz CT molecular complexity index is 789. The summed E-state index contributed by atoms with van der Waals surface area (Å²) in [5, 5.41) is 3.09. The normalized spacial score (nSPS) is 11.3. The molecule has 18 heavy (non-hydrogen) atoms. The number of aromatic nitrogens is 1. The van der Waals surface area contributed by atoms with Crippen LogP contribution in [0.1, 0.15) is 11.7 Å². The van der Waals surface area contributed by atoms with Crippen molar-refractivity contribution < 1.29 is 4.79 Å². The molecule has 0 aliphatic rings. The Hall–Kier alpha value is -1.51. The van der Waals surface area contributed by atoms with E-state index in [4.69, 9.17) is 23.2 Å². The van der Waals surface area contributed by atoms with Crippen LogP contribution in [0.15, 0.2) is 36.4 Å². The molecule has 3 rings (SSSR count). The Kier molecular flexibility index (Phi) is 2.58. The Labute approximate surface area is 114 Å².